The minimum Gasteiger partial charge on any atom is -0.325 e. The molecular formula is C19H23FN2O. The Balaban J connectivity index is 1.79. The second-order valence-corrected chi connectivity index (χ2v) is 6.61. The van der Waals surface area contributed by atoms with E-state index >= 15 is 0 Å². The highest BCUT2D eigenvalue weighted by atomic mass is 19.1. The van der Waals surface area contributed by atoms with Crippen LogP contribution in [0.1, 0.15) is 31.9 Å². The van der Waals surface area contributed by atoms with E-state index < -0.39 is 0 Å². The Labute approximate surface area is 136 Å². The van der Waals surface area contributed by atoms with Crippen molar-refractivity contribution in [1.82, 2.24) is 5.32 Å². The van der Waals surface area contributed by atoms with Crippen molar-refractivity contribution >= 4 is 11.6 Å². The minimum atomic E-state index is -0.259. The van der Waals surface area contributed by atoms with Gasteiger partial charge in [-0.15, -0.1) is 0 Å². The van der Waals surface area contributed by atoms with Crippen LogP contribution < -0.4 is 10.6 Å². The predicted octanol–water partition coefficient (Wildman–Crippen LogP) is 3.85. The zero-order valence-electron chi connectivity index (χ0n) is 13.8. The molecule has 0 unspecified atom stereocenters. The van der Waals surface area contributed by atoms with Crippen molar-refractivity contribution in [3.8, 4) is 0 Å². The van der Waals surface area contributed by atoms with E-state index in [2.05, 4.69) is 31.4 Å². The number of nitrogens with one attached hydrogen (secondary N) is 2. The second-order valence-electron chi connectivity index (χ2n) is 6.61. The molecule has 1 amide bonds. The number of amides is 1. The molecule has 122 valence electrons. The number of rotatable bonds is 5. The highest BCUT2D eigenvalue weighted by molar-refractivity contribution is 5.92. The number of hydrogen-bond acceptors (Lipinski definition) is 2. The zero-order valence-corrected chi connectivity index (χ0v) is 13.8. The van der Waals surface area contributed by atoms with Gasteiger partial charge in [-0.1, -0.05) is 45.0 Å². The van der Waals surface area contributed by atoms with E-state index in [1.165, 1.54) is 17.7 Å². The van der Waals surface area contributed by atoms with Crippen molar-refractivity contribution in [2.45, 2.75) is 32.7 Å². The summed E-state index contributed by atoms with van der Waals surface area (Å²) in [6.45, 7) is 7.19. The maximum atomic E-state index is 12.8. The number of halogens is 1. The fraction of sp³-hybridized carbons (Fsp3) is 0.316. The summed E-state index contributed by atoms with van der Waals surface area (Å²) >= 11 is 0. The molecule has 0 bridgehead atoms. The monoisotopic (exact) mass is 314 g/mol. The fourth-order valence-electron chi connectivity index (χ4n) is 2.18. The van der Waals surface area contributed by atoms with Crippen molar-refractivity contribution in [3.63, 3.8) is 0 Å². The van der Waals surface area contributed by atoms with E-state index in [0.717, 1.165) is 11.3 Å². The molecule has 23 heavy (non-hydrogen) atoms. The van der Waals surface area contributed by atoms with Crippen molar-refractivity contribution in [2.24, 2.45) is 0 Å². The van der Waals surface area contributed by atoms with E-state index in [1.807, 2.05) is 24.3 Å². The summed E-state index contributed by atoms with van der Waals surface area (Å²) in [5.41, 5.74) is 3.05. The first-order chi connectivity index (χ1) is 10.8. The second kappa shape index (κ2) is 7.38. The molecular weight excluding hydrogens is 291 g/mol. The molecule has 0 atom stereocenters. The number of benzene rings is 2. The van der Waals surface area contributed by atoms with Crippen LogP contribution in [0, 0.1) is 5.82 Å². The first kappa shape index (κ1) is 17.2. The summed E-state index contributed by atoms with van der Waals surface area (Å²) in [4.78, 5) is 11.9. The van der Waals surface area contributed by atoms with E-state index in [4.69, 9.17) is 0 Å². The molecule has 0 aromatic heterocycles. The molecule has 0 aliphatic rings. The van der Waals surface area contributed by atoms with Gasteiger partial charge in [0.25, 0.3) is 0 Å². The maximum Gasteiger partial charge on any atom is 0.238 e. The average molecular weight is 314 g/mol. The lowest BCUT2D eigenvalue weighted by Crippen LogP contribution is -2.27. The molecule has 2 aromatic rings. The van der Waals surface area contributed by atoms with Gasteiger partial charge in [-0.25, -0.2) is 4.39 Å². The molecule has 0 radical (unpaired) electrons. The highest BCUT2D eigenvalue weighted by Crippen LogP contribution is 2.23. The van der Waals surface area contributed by atoms with Crippen LogP contribution in [-0.2, 0) is 16.8 Å². The Kier molecular flexibility index (Phi) is 5.50. The third kappa shape index (κ3) is 5.49. The van der Waals surface area contributed by atoms with Gasteiger partial charge in [0.1, 0.15) is 5.82 Å². The third-order valence-electron chi connectivity index (χ3n) is 3.56. The number of carbonyl (C=O) groups excluding carboxylic acids is 1. The zero-order chi connectivity index (χ0) is 16.9. The molecule has 0 saturated heterocycles. The summed E-state index contributed by atoms with van der Waals surface area (Å²) in [5, 5.41) is 5.90. The minimum absolute atomic E-state index is 0.0965. The smallest absolute Gasteiger partial charge is 0.238 e. The van der Waals surface area contributed by atoms with Crippen molar-refractivity contribution in [3.05, 3.63) is 65.5 Å². The van der Waals surface area contributed by atoms with Crippen LogP contribution >= 0.6 is 0 Å². The van der Waals surface area contributed by atoms with Crippen LogP contribution in [-0.4, -0.2) is 12.5 Å². The van der Waals surface area contributed by atoms with Crippen LogP contribution in [0.5, 0.6) is 0 Å². The van der Waals surface area contributed by atoms with E-state index in [0.29, 0.717) is 6.54 Å². The van der Waals surface area contributed by atoms with Gasteiger partial charge in [-0.2, -0.15) is 0 Å². The van der Waals surface area contributed by atoms with Crippen molar-refractivity contribution < 1.29 is 9.18 Å². The van der Waals surface area contributed by atoms with Gasteiger partial charge < -0.3 is 10.6 Å². The Morgan fingerprint density at radius 1 is 1.00 bits per heavy atom. The number of hydrogen-bond donors (Lipinski definition) is 2. The summed E-state index contributed by atoms with van der Waals surface area (Å²) in [6, 6.07) is 14.1. The largest absolute Gasteiger partial charge is 0.325 e. The van der Waals surface area contributed by atoms with Gasteiger partial charge in [-0.3, -0.25) is 4.79 Å². The molecule has 0 saturated carbocycles. The molecule has 4 heteroatoms. The summed E-state index contributed by atoms with van der Waals surface area (Å²) in [6.07, 6.45) is 0. The standard InChI is InChI=1S/C19H23FN2O/c1-19(2,3)15-6-10-17(11-7-15)22-18(23)13-21-12-14-4-8-16(20)9-5-14/h4-11,21H,12-13H2,1-3H3,(H,22,23). The number of carbonyl (C=O) groups is 1. The predicted molar refractivity (Wildman–Crippen MR) is 91.9 cm³/mol. The molecule has 0 heterocycles. The van der Waals surface area contributed by atoms with Crippen LogP contribution in [0.2, 0.25) is 0 Å². The van der Waals surface area contributed by atoms with Crippen molar-refractivity contribution in [2.75, 3.05) is 11.9 Å². The van der Waals surface area contributed by atoms with E-state index in [-0.39, 0.29) is 23.7 Å². The lowest BCUT2D eigenvalue weighted by atomic mass is 9.87. The molecule has 0 aliphatic heterocycles. The van der Waals surface area contributed by atoms with Gasteiger partial charge in [-0.05, 0) is 40.8 Å². The normalized spacial score (nSPS) is 11.3. The summed E-state index contributed by atoms with van der Waals surface area (Å²) in [5.74, 6) is -0.360. The fourth-order valence-corrected chi connectivity index (χ4v) is 2.18. The van der Waals surface area contributed by atoms with Gasteiger partial charge >= 0.3 is 0 Å². The van der Waals surface area contributed by atoms with Gasteiger partial charge in [0.15, 0.2) is 0 Å². The first-order valence-corrected chi connectivity index (χ1v) is 7.70. The van der Waals surface area contributed by atoms with E-state index in [1.54, 1.807) is 12.1 Å². The van der Waals surface area contributed by atoms with Crippen LogP contribution in [0.3, 0.4) is 0 Å². The van der Waals surface area contributed by atoms with Crippen LogP contribution in [0.25, 0.3) is 0 Å². The lowest BCUT2D eigenvalue weighted by molar-refractivity contribution is -0.115. The molecule has 3 nitrogen and oxygen atoms in total. The topological polar surface area (TPSA) is 41.1 Å². The molecule has 0 aliphatic carbocycles. The summed E-state index contributed by atoms with van der Waals surface area (Å²) in [7, 11) is 0. The van der Waals surface area contributed by atoms with Gasteiger partial charge in [0, 0.05) is 12.2 Å². The summed E-state index contributed by atoms with van der Waals surface area (Å²) < 4.78 is 12.8. The Hall–Kier alpha value is -2.20. The van der Waals surface area contributed by atoms with Crippen LogP contribution in [0.15, 0.2) is 48.5 Å². The number of anilines is 1. The Bertz CT molecular complexity index is 643. The molecule has 0 spiro atoms. The molecule has 2 rings (SSSR count). The Morgan fingerprint density at radius 3 is 2.17 bits per heavy atom. The first-order valence-electron chi connectivity index (χ1n) is 7.70. The third-order valence-corrected chi connectivity index (χ3v) is 3.56. The molecule has 2 N–H and O–H groups in total. The average Bonchev–Trinajstić information content (AvgIpc) is 2.49. The highest BCUT2D eigenvalue weighted by Gasteiger charge is 2.13. The maximum absolute atomic E-state index is 12.8. The molecule has 0 fully saturated rings. The van der Waals surface area contributed by atoms with Gasteiger partial charge in [0.05, 0.1) is 6.54 Å². The van der Waals surface area contributed by atoms with Crippen LogP contribution in [0.4, 0.5) is 10.1 Å². The van der Waals surface area contributed by atoms with Gasteiger partial charge in [0.2, 0.25) is 5.91 Å². The van der Waals surface area contributed by atoms with Crippen molar-refractivity contribution in [1.29, 1.82) is 0 Å². The lowest BCUT2D eigenvalue weighted by Gasteiger charge is -2.19. The Morgan fingerprint density at radius 2 is 1.61 bits per heavy atom. The SMILES string of the molecule is CC(C)(C)c1ccc(NC(=O)CNCc2ccc(F)cc2)cc1. The quantitative estimate of drug-likeness (QED) is 0.880. The van der Waals surface area contributed by atoms with E-state index in [9.17, 15) is 9.18 Å². The molecule has 2 aromatic carbocycles.